The van der Waals surface area contributed by atoms with Gasteiger partial charge in [-0.1, -0.05) is 12.1 Å². The second-order valence-electron chi connectivity index (χ2n) is 6.34. The number of likely N-dealkylation sites (N-methyl/N-ethyl adjacent to an activating group) is 1. The highest BCUT2D eigenvalue weighted by Crippen LogP contribution is 2.29. The van der Waals surface area contributed by atoms with E-state index in [-0.39, 0.29) is 16.7 Å². The van der Waals surface area contributed by atoms with Crippen molar-refractivity contribution in [3.05, 3.63) is 29.8 Å². The van der Waals surface area contributed by atoms with Gasteiger partial charge in [0, 0.05) is 25.7 Å². The zero-order valence-corrected chi connectivity index (χ0v) is 15.5. The van der Waals surface area contributed by atoms with Crippen LogP contribution in [0.15, 0.2) is 33.6 Å². The van der Waals surface area contributed by atoms with Gasteiger partial charge >= 0.3 is 5.97 Å². The minimum Gasteiger partial charge on any atom is -0.452 e. The van der Waals surface area contributed by atoms with Crippen molar-refractivity contribution < 1.29 is 22.7 Å². The van der Waals surface area contributed by atoms with Crippen molar-refractivity contribution in [2.45, 2.75) is 30.8 Å². The molecule has 26 heavy (non-hydrogen) atoms. The summed E-state index contributed by atoms with van der Waals surface area (Å²) in [6, 6.07) is 6.74. The van der Waals surface area contributed by atoms with E-state index in [1.807, 2.05) is 4.90 Å². The SMILES string of the molecule is CNC(=O)[C@H](C)OC(=O)C1CCN(C2=NS(=O)(=O)c3ccccc32)CC1. The van der Waals surface area contributed by atoms with Gasteiger partial charge in [0.2, 0.25) is 0 Å². The highest BCUT2D eigenvalue weighted by molar-refractivity contribution is 7.90. The van der Waals surface area contributed by atoms with Crippen LogP contribution in [-0.2, 0) is 24.3 Å². The summed E-state index contributed by atoms with van der Waals surface area (Å²) >= 11 is 0. The lowest BCUT2D eigenvalue weighted by atomic mass is 9.96. The fourth-order valence-electron chi connectivity index (χ4n) is 3.17. The number of esters is 1. The highest BCUT2D eigenvalue weighted by Gasteiger charge is 2.35. The Labute approximate surface area is 152 Å². The molecule has 1 saturated heterocycles. The summed E-state index contributed by atoms with van der Waals surface area (Å²) in [5.74, 6) is -0.626. The molecule has 9 heteroatoms. The molecule has 0 unspecified atom stereocenters. The molecule has 2 aliphatic rings. The molecule has 0 aromatic heterocycles. The first-order chi connectivity index (χ1) is 12.3. The van der Waals surface area contributed by atoms with Crippen LogP contribution >= 0.6 is 0 Å². The molecular formula is C17H21N3O5S. The summed E-state index contributed by atoms with van der Waals surface area (Å²) < 4.78 is 33.4. The number of carbonyl (C=O) groups is 2. The van der Waals surface area contributed by atoms with Crippen molar-refractivity contribution in [1.29, 1.82) is 0 Å². The zero-order chi connectivity index (χ0) is 18.9. The van der Waals surface area contributed by atoms with E-state index >= 15 is 0 Å². The van der Waals surface area contributed by atoms with Crippen LogP contribution in [0.4, 0.5) is 0 Å². The number of hydrogen-bond donors (Lipinski definition) is 1. The van der Waals surface area contributed by atoms with Gasteiger partial charge in [-0.25, -0.2) is 0 Å². The van der Waals surface area contributed by atoms with Crippen LogP contribution in [0.1, 0.15) is 25.3 Å². The molecule has 0 aliphatic carbocycles. The topological polar surface area (TPSA) is 105 Å². The lowest BCUT2D eigenvalue weighted by molar-refractivity contribution is -0.159. The first-order valence-electron chi connectivity index (χ1n) is 8.45. The Kier molecular flexibility index (Phi) is 4.99. The largest absolute Gasteiger partial charge is 0.452 e. The predicted molar refractivity (Wildman–Crippen MR) is 94.1 cm³/mol. The third-order valence-electron chi connectivity index (χ3n) is 4.65. The number of rotatable bonds is 3. The molecule has 0 bridgehead atoms. The number of likely N-dealkylation sites (tertiary alicyclic amines) is 1. The maximum Gasteiger partial charge on any atom is 0.309 e. The lowest BCUT2D eigenvalue weighted by Crippen LogP contribution is -2.42. The number of nitrogens with zero attached hydrogens (tertiary/aromatic N) is 2. The van der Waals surface area contributed by atoms with Crippen LogP contribution in [-0.4, -0.2) is 57.3 Å². The average Bonchev–Trinajstić information content (AvgIpc) is 2.92. The number of amides is 1. The second-order valence-corrected chi connectivity index (χ2v) is 7.91. The van der Waals surface area contributed by atoms with Crippen molar-refractivity contribution in [3.8, 4) is 0 Å². The van der Waals surface area contributed by atoms with E-state index in [4.69, 9.17) is 4.74 Å². The van der Waals surface area contributed by atoms with E-state index < -0.39 is 22.1 Å². The molecule has 140 valence electrons. The summed E-state index contributed by atoms with van der Waals surface area (Å²) in [6.07, 6.45) is 0.197. The summed E-state index contributed by atoms with van der Waals surface area (Å²) in [5, 5.41) is 2.44. The first kappa shape index (κ1) is 18.4. The summed E-state index contributed by atoms with van der Waals surface area (Å²) in [7, 11) is -2.17. The zero-order valence-electron chi connectivity index (χ0n) is 14.6. The maximum absolute atomic E-state index is 12.2. The number of nitrogens with one attached hydrogen (secondary N) is 1. The van der Waals surface area contributed by atoms with Gasteiger partial charge in [0.15, 0.2) is 11.9 Å². The standard InChI is InChI=1S/C17H21N3O5S/c1-11(16(21)18-2)25-17(22)12-7-9-20(10-8-12)15-13-5-3-4-6-14(13)26(23,24)19-15/h3-6,11-12H,7-10H2,1-2H3,(H,18,21)/t11-/m0/s1. The highest BCUT2D eigenvalue weighted by atomic mass is 32.2. The van der Waals surface area contributed by atoms with Crippen LogP contribution in [0.3, 0.4) is 0 Å². The average molecular weight is 379 g/mol. The van der Waals surface area contributed by atoms with E-state index in [0.29, 0.717) is 37.3 Å². The molecule has 0 saturated carbocycles. The fourth-order valence-corrected chi connectivity index (χ4v) is 4.40. The smallest absolute Gasteiger partial charge is 0.309 e. The Hall–Kier alpha value is -2.42. The van der Waals surface area contributed by atoms with Gasteiger partial charge in [0.25, 0.3) is 15.9 Å². The molecule has 2 aliphatic heterocycles. The molecule has 1 N–H and O–H groups in total. The molecule has 1 amide bonds. The van der Waals surface area contributed by atoms with Crippen LogP contribution in [0.5, 0.6) is 0 Å². The van der Waals surface area contributed by atoms with Gasteiger partial charge in [0.1, 0.15) is 4.90 Å². The Morgan fingerprint density at radius 1 is 1.27 bits per heavy atom. The number of amidine groups is 1. The predicted octanol–water partition coefficient (Wildman–Crippen LogP) is 0.525. The fraction of sp³-hybridized carbons (Fsp3) is 0.471. The molecule has 1 aromatic carbocycles. The maximum atomic E-state index is 12.2. The third kappa shape index (κ3) is 3.44. The van der Waals surface area contributed by atoms with Crippen molar-refractivity contribution in [3.63, 3.8) is 0 Å². The Morgan fingerprint density at radius 3 is 2.58 bits per heavy atom. The van der Waals surface area contributed by atoms with E-state index in [9.17, 15) is 18.0 Å². The van der Waals surface area contributed by atoms with Gasteiger partial charge < -0.3 is 15.0 Å². The van der Waals surface area contributed by atoms with E-state index in [0.717, 1.165) is 0 Å². The van der Waals surface area contributed by atoms with Crippen molar-refractivity contribution in [1.82, 2.24) is 10.2 Å². The molecule has 0 radical (unpaired) electrons. The minimum absolute atomic E-state index is 0.218. The molecule has 2 heterocycles. The molecule has 1 fully saturated rings. The van der Waals surface area contributed by atoms with E-state index in [1.165, 1.54) is 14.0 Å². The summed E-state index contributed by atoms with van der Waals surface area (Å²) in [4.78, 5) is 25.8. The number of benzene rings is 1. The monoisotopic (exact) mass is 379 g/mol. The second kappa shape index (κ2) is 7.06. The van der Waals surface area contributed by atoms with Gasteiger partial charge in [-0.15, -0.1) is 4.40 Å². The van der Waals surface area contributed by atoms with Crippen LogP contribution in [0, 0.1) is 5.92 Å². The van der Waals surface area contributed by atoms with Crippen LogP contribution in [0.2, 0.25) is 0 Å². The van der Waals surface area contributed by atoms with E-state index in [1.54, 1.807) is 24.3 Å². The van der Waals surface area contributed by atoms with Gasteiger partial charge in [0.05, 0.1) is 5.92 Å². The Morgan fingerprint density at radius 2 is 1.92 bits per heavy atom. The van der Waals surface area contributed by atoms with E-state index in [2.05, 4.69) is 9.71 Å². The number of carbonyl (C=O) groups excluding carboxylic acids is 2. The Balaban J connectivity index is 1.65. The number of ether oxygens (including phenoxy) is 1. The molecule has 8 nitrogen and oxygen atoms in total. The first-order valence-corrected chi connectivity index (χ1v) is 9.89. The Bertz CT molecular complexity index is 857. The normalized spacial score (nSPS) is 20.1. The molecule has 1 aromatic rings. The number of sulfonamides is 1. The van der Waals surface area contributed by atoms with Gasteiger partial charge in [-0.05, 0) is 31.9 Å². The third-order valence-corrected chi connectivity index (χ3v) is 5.97. The summed E-state index contributed by atoms with van der Waals surface area (Å²) in [6.45, 7) is 2.52. The van der Waals surface area contributed by atoms with Crippen LogP contribution < -0.4 is 5.32 Å². The number of piperidine rings is 1. The molecule has 1 atom stereocenters. The molecular weight excluding hydrogens is 358 g/mol. The summed E-state index contributed by atoms with van der Waals surface area (Å²) in [5.41, 5.74) is 0.599. The number of fused-ring (bicyclic) bond motifs is 1. The van der Waals surface area contributed by atoms with Gasteiger partial charge in [-0.2, -0.15) is 8.42 Å². The van der Waals surface area contributed by atoms with Crippen molar-refractivity contribution in [2.75, 3.05) is 20.1 Å². The molecule has 3 rings (SSSR count). The van der Waals surface area contributed by atoms with Crippen molar-refractivity contribution in [2.24, 2.45) is 10.3 Å². The minimum atomic E-state index is -3.65. The quantitative estimate of drug-likeness (QED) is 0.768. The van der Waals surface area contributed by atoms with Gasteiger partial charge in [-0.3, -0.25) is 9.59 Å². The van der Waals surface area contributed by atoms with Crippen molar-refractivity contribution >= 4 is 27.7 Å². The lowest BCUT2D eigenvalue weighted by Gasteiger charge is -2.32. The molecule has 0 spiro atoms. The number of hydrogen-bond acceptors (Lipinski definition) is 6. The van der Waals surface area contributed by atoms with Crippen LogP contribution in [0.25, 0.3) is 0 Å².